The van der Waals surface area contributed by atoms with Gasteiger partial charge in [0, 0.05) is 22.9 Å². The fraction of sp³-hybridized carbons (Fsp3) is 0.357. The SMILES string of the molecule is CC1(c2nc(-c3cccc(CN)c3)cs2)CC1. The topological polar surface area (TPSA) is 38.9 Å². The molecule has 0 aliphatic heterocycles. The molecule has 3 rings (SSSR count). The zero-order valence-corrected chi connectivity index (χ0v) is 10.8. The minimum absolute atomic E-state index is 0.369. The average molecular weight is 244 g/mol. The van der Waals surface area contributed by atoms with Crippen LogP contribution in [0.25, 0.3) is 11.3 Å². The highest BCUT2D eigenvalue weighted by molar-refractivity contribution is 7.10. The van der Waals surface area contributed by atoms with Gasteiger partial charge in [0.2, 0.25) is 0 Å². The van der Waals surface area contributed by atoms with E-state index in [4.69, 9.17) is 10.7 Å². The van der Waals surface area contributed by atoms with Crippen LogP contribution in [0.2, 0.25) is 0 Å². The Hall–Kier alpha value is -1.19. The molecule has 2 nitrogen and oxygen atoms in total. The van der Waals surface area contributed by atoms with Crippen molar-refractivity contribution in [3.05, 3.63) is 40.2 Å². The molecule has 3 heteroatoms. The van der Waals surface area contributed by atoms with E-state index in [2.05, 4.69) is 36.6 Å². The molecule has 1 aromatic carbocycles. The van der Waals surface area contributed by atoms with Gasteiger partial charge in [0.05, 0.1) is 10.7 Å². The Morgan fingerprint density at radius 1 is 1.41 bits per heavy atom. The van der Waals surface area contributed by atoms with Gasteiger partial charge in [0.15, 0.2) is 0 Å². The van der Waals surface area contributed by atoms with Crippen LogP contribution in [-0.2, 0) is 12.0 Å². The molecule has 1 heterocycles. The molecule has 88 valence electrons. The van der Waals surface area contributed by atoms with Crippen LogP contribution in [0.4, 0.5) is 0 Å². The second-order valence-electron chi connectivity index (χ2n) is 5.00. The molecule has 1 fully saturated rings. The summed E-state index contributed by atoms with van der Waals surface area (Å²) in [4.78, 5) is 4.77. The third-order valence-corrected chi connectivity index (χ3v) is 4.63. The number of aromatic nitrogens is 1. The zero-order valence-electron chi connectivity index (χ0n) is 9.94. The van der Waals surface area contributed by atoms with Crippen LogP contribution >= 0.6 is 11.3 Å². The van der Waals surface area contributed by atoms with Crippen LogP contribution in [0.15, 0.2) is 29.6 Å². The number of hydrogen-bond donors (Lipinski definition) is 1. The van der Waals surface area contributed by atoms with Gasteiger partial charge >= 0.3 is 0 Å². The van der Waals surface area contributed by atoms with E-state index in [-0.39, 0.29) is 0 Å². The summed E-state index contributed by atoms with van der Waals surface area (Å²) in [5.41, 5.74) is 9.47. The Bertz CT molecular complexity index is 541. The van der Waals surface area contributed by atoms with Crippen molar-refractivity contribution in [3.8, 4) is 11.3 Å². The summed E-state index contributed by atoms with van der Waals surface area (Å²) in [7, 11) is 0. The lowest BCUT2D eigenvalue weighted by Crippen LogP contribution is -1.98. The van der Waals surface area contributed by atoms with Gasteiger partial charge in [-0.2, -0.15) is 0 Å². The number of hydrogen-bond acceptors (Lipinski definition) is 3. The van der Waals surface area contributed by atoms with Crippen molar-refractivity contribution in [3.63, 3.8) is 0 Å². The number of nitrogens with zero attached hydrogens (tertiary/aromatic N) is 1. The van der Waals surface area contributed by atoms with Gasteiger partial charge in [-0.1, -0.05) is 25.1 Å². The lowest BCUT2D eigenvalue weighted by Gasteiger charge is -2.02. The molecule has 2 N–H and O–H groups in total. The first-order chi connectivity index (χ1) is 8.21. The second-order valence-corrected chi connectivity index (χ2v) is 5.86. The molecule has 1 saturated carbocycles. The van der Waals surface area contributed by atoms with E-state index in [0.29, 0.717) is 12.0 Å². The molecular formula is C14H16N2S. The molecular weight excluding hydrogens is 228 g/mol. The van der Waals surface area contributed by atoms with Crippen molar-refractivity contribution < 1.29 is 0 Å². The van der Waals surface area contributed by atoms with Gasteiger partial charge in [0.1, 0.15) is 0 Å². The maximum absolute atomic E-state index is 5.66. The Labute approximate surface area is 106 Å². The summed E-state index contributed by atoms with van der Waals surface area (Å²) < 4.78 is 0. The van der Waals surface area contributed by atoms with Gasteiger partial charge in [-0.05, 0) is 24.5 Å². The monoisotopic (exact) mass is 244 g/mol. The van der Waals surface area contributed by atoms with Crippen molar-refractivity contribution in [2.24, 2.45) is 5.73 Å². The lowest BCUT2D eigenvalue weighted by atomic mass is 10.1. The van der Waals surface area contributed by atoms with Crippen molar-refractivity contribution in [1.29, 1.82) is 0 Å². The van der Waals surface area contributed by atoms with Crippen molar-refractivity contribution in [1.82, 2.24) is 4.98 Å². The molecule has 0 unspecified atom stereocenters. The summed E-state index contributed by atoms with van der Waals surface area (Å²) in [6.07, 6.45) is 2.56. The van der Waals surface area contributed by atoms with E-state index in [1.54, 1.807) is 11.3 Å². The predicted octanol–water partition coefficient (Wildman–Crippen LogP) is 3.32. The lowest BCUT2D eigenvalue weighted by molar-refractivity contribution is 0.777. The van der Waals surface area contributed by atoms with Crippen molar-refractivity contribution in [2.75, 3.05) is 0 Å². The smallest absolute Gasteiger partial charge is 0.0991 e. The highest BCUT2D eigenvalue weighted by atomic mass is 32.1. The fourth-order valence-electron chi connectivity index (χ4n) is 1.94. The molecule has 0 radical (unpaired) electrons. The quantitative estimate of drug-likeness (QED) is 0.899. The Kier molecular flexibility index (Phi) is 2.53. The predicted molar refractivity (Wildman–Crippen MR) is 72.0 cm³/mol. The molecule has 0 bridgehead atoms. The number of benzene rings is 1. The van der Waals surface area contributed by atoms with Gasteiger partial charge in [-0.3, -0.25) is 0 Å². The van der Waals surface area contributed by atoms with Crippen LogP contribution in [0.3, 0.4) is 0 Å². The van der Waals surface area contributed by atoms with Gasteiger partial charge in [-0.25, -0.2) is 4.98 Å². The van der Waals surface area contributed by atoms with Crippen LogP contribution in [0.5, 0.6) is 0 Å². The average Bonchev–Trinajstić information content (AvgIpc) is 2.94. The van der Waals surface area contributed by atoms with Crippen LogP contribution in [-0.4, -0.2) is 4.98 Å². The maximum Gasteiger partial charge on any atom is 0.0991 e. The van der Waals surface area contributed by atoms with E-state index < -0.39 is 0 Å². The standard InChI is InChI=1S/C14H16N2S/c1-14(5-6-14)13-16-12(9-17-13)11-4-2-3-10(7-11)8-15/h2-4,7,9H,5-6,8,15H2,1H3. The molecule has 1 aliphatic rings. The van der Waals surface area contributed by atoms with E-state index in [1.807, 2.05) is 0 Å². The van der Waals surface area contributed by atoms with Gasteiger partial charge in [-0.15, -0.1) is 11.3 Å². The van der Waals surface area contributed by atoms with Gasteiger partial charge < -0.3 is 5.73 Å². The fourth-order valence-corrected chi connectivity index (χ4v) is 2.99. The Morgan fingerprint density at radius 3 is 2.94 bits per heavy atom. The van der Waals surface area contributed by atoms with Crippen molar-refractivity contribution >= 4 is 11.3 Å². The van der Waals surface area contributed by atoms with Crippen LogP contribution < -0.4 is 5.73 Å². The molecule has 0 saturated heterocycles. The normalized spacial score (nSPS) is 17.1. The molecule has 0 atom stereocenters. The first kappa shape index (κ1) is 10.9. The Morgan fingerprint density at radius 2 is 2.24 bits per heavy atom. The van der Waals surface area contributed by atoms with Crippen LogP contribution in [0, 0.1) is 0 Å². The largest absolute Gasteiger partial charge is 0.326 e. The summed E-state index contributed by atoms with van der Waals surface area (Å²) in [6.45, 7) is 2.88. The van der Waals surface area contributed by atoms with E-state index >= 15 is 0 Å². The number of thiazole rings is 1. The molecule has 1 aromatic heterocycles. The van der Waals surface area contributed by atoms with Crippen LogP contribution in [0.1, 0.15) is 30.3 Å². The second kappa shape index (κ2) is 3.93. The van der Waals surface area contributed by atoms with E-state index in [0.717, 1.165) is 11.3 Å². The number of nitrogens with two attached hydrogens (primary N) is 1. The van der Waals surface area contributed by atoms with Gasteiger partial charge in [0.25, 0.3) is 0 Å². The minimum atomic E-state index is 0.369. The van der Waals surface area contributed by atoms with E-state index in [1.165, 1.54) is 23.4 Å². The summed E-state index contributed by atoms with van der Waals surface area (Å²) in [5.74, 6) is 0. The van der Waals surface area contributed by atoms with Crippen molar-refractivity contribution in [2.45, 2.75) is 31.7 Å². The first-order valence-corrected chi connectivity index (χ1v) is 6.85. The Balaban J connectivity index is 1.95. The molecule has 0 spiro atoms. The molecule has 1 aliphatic carbocycles. The maximum atomic E-state index is 5.66. The highest BCUT2D eigenvalue weighted by Gasteiger charge is 2.41. The third kappa shape index (κ3) is 2.01. The summed E-state index contributed by atoms with van der Waals surface area (Å²) >= 11 is 1.78. The molecule has 2 aromatic rings. The summed E-state index contributed by atoms with van der Waals surface area (Å²) in [6, 6.07) is 8.34. The summed E-state index contributed by atoms with van der Waals surface area (Å²) in [5, 5.41) is 3.44. The third-order valence-electron chi connectivity index (χ3n) is 3.48. The minimum Gasteiger partial charge on any atom is -0.326 e. The highest BCUT2D eigenvalue weighted by Crippen LogP contribution is 2.49. The first-order valence-electron chi connectivity index (χ1n) is 5.97. The zero-order chi connectivity index (χ0) is 11.9. The molecule has 0 amide bonds. The number of rotatable bonds is 3. The molecule has 17 heavy (non-hydrogen) atoms. The van der Waals surface area contributed by atoms with E-state index in [9.17, 15) is 0 Å².